The van der Waals surface area contributed by atoms with E-state index in [4.69, 9.17) is 26.7 Å². The molecule has 2 rings (SSSR count). The van der Waals surface area contributed by atoms with Gasteiger partial charge in [0.25, 0.3) is 0 Å². The average molecular weight is 167 g/mol. The van der Waals surface area contributed by atoms with Gasteiger partial charge in [-0.15, -0.1) is 0 Å². The highest BCUT2D eigenvalue weighted by Gasteiger charge is 2.19. The second kappa shape index (κ2) is 2.10. The zero-order chi connectivity index (χ0) is 8.72. The van der Waals surface area contributed by atoms with E-state index in [1.165, 1.54) is 0 Å². The highest BCUT2D eigenvalue weighted by molar-refractivity contribution is 5.85. The van der Waals surface area contributed by atoms with E-state index in [1.54, 1.807) is 6.07 Å². The van der Waals surface area contributed by atoms with Gasteiger partial charge in [0, 0.05) is 6.07 Å². The molecule has 0 unspecified atom stereocenters. The molecule has 0 aromatic heterocycles. The van der Waals surface area contributed by atoms with Crippen LogP contribution in [0.25, 0.3) is 0 Å². The Balaban J connectivity index is 2.67. The van der Waals surface area contributed by atoms with Crippen molar-refractivity contribution in [2.75, 3.05) is 24.0 Å². The Morgan fingerprint density at radius 3 is 2.58 bits per heavy atom. The molecule has 6 N–H and O–H groups in total. The van der Waals surface area contributed by atoms with Gasteiger partial charge >= 0.3 is 0 Å². The number of rotatable bonds is 0. The van der Waals surface area contributed by atoms with Crippen molar-refractivity contribution in [1.29, 1.82) is 0 Å². The minimum absolute atomic E-state index is 0.169. The van der Waals surface area contributed by atoms with Gasteiger partial charge < -0.3 is 26.7 Å². The van der Waals surface area contributed by atoms with Crippen LogP contribution < -0.4 is 26.7 Å². The molecule has 0 radical (unpaired) electrons. The summed E-state index contributed by atoms with van der Waals surface area (Å²) in [6.07, 6.45) is 0. The lowest BCUT2D eigenvalue weighted by Crippen LogP contribution is -2.00. The Kier molecular flexibility index (Phi) is 1.21. The quantitative estimate of drug-likeness (QED) is 0.478. The predicted molar refractivity (Wildman–Crippen MR) is 45.8 cm³/mol. The third-order valence-corrected chi connectivity index (χ3v) is 1.77. The predicted octanol–water partition coefficient (Wildman–Crippen LogP) is 0.162. The normalized spacial score (nSPS) is 13.3. The summed E-state index contributed by atoms with van der Waals surface area (Å²) in [6, 6.07) is 1.61. The maximum atomic E-state index is 5.62. The van der Waals surface area contributed by atoms with Crippen molar-refractivity contribution in [3.8, 4) is 11.5 Å². The number of benzene rings is 1. The molecule has 0 spiro atoms. The summed E-state index contributed by atoms with van der Waals surface area (Å²) in [4.78, 5) is 0. The van der Waals surface area contributed by atoms with E-state index >= 15 is 0 Å². The molecule has 0 atom stereocenters. The van der Waals surface area contributed by atoms with E-state index in [9.17, 15) is 0 Å². The van der Waals surface area contributed by atoms with Crippen molar-refractivity contribution in [1.82, 2.24) is 0 Å². The molecule has 0 aliphatic carbocycles. The van der Waals surface area contributed by atoms with E-state index < -0.39 is 0 Å². The second-order valence-corrected chi connectivity index (χ2v) is 2.53. The maximum absolute atomic E-state index is 5.62. The molecule has 1 aromatic carbocycles. The monoisotopic (exact) mass is 167 g/mol. The molecule has 0 amide bonds. The van der Waals surface area contributed by atoms with Crippen LogP contribution in [0.1, 0.15) is 0 Å². The first-order valence-corrected chi connectivity index (χ1v) is 3.43. The summed E-state index contributed by atoms with van der Waals surface area (Å²) in [5.41, 5.74) is 17.9. The molecule has 1 heterocycles. The standard InChI is InChI=1S/C7H9N3O2/c8-3-1-4-7(12-2-11-4)6(10)5(3)9/h1H,2,8-10H2. The van der Waals surface area contributed by atoms with Crippen LogP contribution in [0.15, 0.2) is 6.07 Å². The molecule has 0 saturated carbocycles. The highest BCUT2D eigenvalue weighted by Crippen LogP contribution is 2.43. The largest absolute Gasteiger partial charge is 0.453 e. The molecule has 0 bridgehead atoms. The van der Waals surface area contributed by atoms with Gasteiger partial charge in [-0.25, -0.2) is 0 Å². The van der Waals surface area contributed by atoms with Crippen molar-refractivity contribution in [3.63, 3.8) is 0 Å². The van der Waals surface area contributed by atoms with Crippen LogP contribution in [0, 0.1) is 0 Å². The highest BCUT2D eigenvalue weighted by atomic mass is 16.7. The summed E-state index contributed by atoms with van der Waals surface area (Å²) >= 11 is 0. The van der Waals surface area contributed by atoms with Crippen LogP contribution in [-0.2, 0) is 0 Å². The molecule has 5 heteroatoms. The molecule has 1 aliphatic rings. The maximum Gasteiger partial charge on any atom is 0.231 e. The molecular weight excluding hydrogens is 158 g/mol. The molecule has 1 aliphatic heterocycles. The fourth-order valence-electron chi connectivity index (χ4n) is 1.10. The van der Waals surface area contributed by atoms with Crippen molar-refractivity contribution >= 4 is 17.1 Å². The molecular formula is C7H9N3O2. The molecule has 5 nitrogen and oxygen atoms in total. The van der Waals surface area contributed by atoms with E-state index in [2.05, 4.69) is 0 Å². The van der Waals surface area contributed by atoms with Crippen LogP contribution in [0.2, 0.25) is 0 Å². The molecule has 0 fully saturated rings. The summed E-state index contributed by atoms with van der Waals surface area (Å²) in [7, 11) is 0. The number of nitrogens with two attached hydrogens (primary N) is 3. The Bertz CT molecular complexity index is 338. The van der Waals surface area contributed by atoms with E-state index in [-0.39, 0.29) is 6.79 Å². The fraction of sp³-hybridized carbons (Fsp3) is 0.143. The molecule has 12 heavy (non-hydrogen) atoms. The fourth-order valence-corrected chi connectivity index (χ4v) is 1.10. The van der Waals surface area contributed by atoms with Crippen LogP contribution in [0.4, 0.5) is 17.1 Å². The summed E-state index contributed by atoms with van der Waals surface area (Å²) in [5.74, 6) is 1.04. The first kappa shape index (κ1) is 6.90. The van der Waals surface area contributed by atoms with Crippen LogP contribution in [0.5, 0.6) is 11.5 Å². The second-order valence-electron chi connectivity index (χ2n) is 2.53. The smallest absolute Gasteiger partial charge is 0.231 e. The zero-order valence-corrected chi connectivity index (χ0v) is 6.33. The average Bonchev–Trinajstić information content (AvgIpc) is 2.48. The van der Waals surface area contributed by atoms with E-state index in [0.29, 0.717) is 28.6 Å². The van der Waals surface area contributed by atoms with Crippen LogP contribution in [0.3, 0.4) is 0 Å². The number of hydrogen-bond donors (Lipinski definition) is 3. The van der Waals surface area contributed by atoms with Gasteiger partial charge in [0.2, 0.25) is 6.79 Å². The summed E-state index contributed by atoms with van der Waals surface area (Å²) < 4.78 is 10.2. The van der Waals surface area contributed by atoms with Gasteiger partial charge in [0.05, 0.1) is 11.4 Å². The topological polar surface area (TPSA) is 96.5 Å². The van der Waals surface area contributed by atoms with Gasteiger partial charge in [-0.05, 0) is 0 Å². The third kappa shape index (κ3) is 0.730. The number of fused-ring (bicyclic) bond motifs is 1. The first-order chi connectivity index (χ1) is 5.70. The summed E-state index contributed by atoms with van der Waals surface area (Å²) in [6.45, 7) is 0.169. The lowest BCUT2D eigenvalue weighted by atomic mass is 10.2. The minimum atomic E-state index is 0.169. The van der Waals surface area contributed by atoms with Crippen molar-refractivity contribution in [2.24, 2.45) is 0 Å². The third-order valence-electron chi connectivity index (χ3n) is 1.77. The van der Waals surface area contributed by atoms with E-state index in [0.717, 1.165) is 0 Å². The molecule has 0 saturated heterocycles. The Morgan fingerprint density at radius 2 is 1.83 bits per heavy atom. The number of hydrogen-bond acceptors (Lipinski definition) is 5. The van der Waals surface area contributed by atoms with Crippen molar-refractivity contribution in [2.45, 2.75) is 0 Å². The Labute approximate surface area is 69.0 Å². The zero-order valence-electron chi connectivity index (χ0n) is 6.33. The van der Waals surface area contributed by atoms with Gasteiger partial charge in [0.1, 0.15) is 5.69 Å². The van der Waals surface area contributed by atoms with Gasteiger partial charge in [-0.2, -0.15) is 0 Å². The Hall–Kier alpha value is -1.78. The van der Waals surface area contributed by atoms with Gasteiger partial charge in [-0.3, -0.25) is 0 Å². The lowest BCUT2D eigenvalue weighted by Gasteiger charge is -2.06. The first-order valence-electron chi connectivity index (χ1n) is 3.43. The molecule has 64 valence electrons. The van der Waals surface area contributed by atoms with Crippen LogP contribution in [-0.4, -0.2) is 6.79 Å². The number of anilines is 3. The SMILES string of the molecule is Nc1cc2c(c(N)c1N)OCO2. The van der Waals surface area contributed by atoms with Gasteiger partial charge in [0.15, 0.2) is 11.5 Å². The van der Waals surface area contributed by atoms with E-state index in [1.807, 2.05) is 0 Å². The summed E-state index contributed by atoms with van der Waals surface area (Å²) in [5, 5.41) is 0. The number of nitrogen functional groups attached to an aromatic ring is 3. The van der Waals surface area contributed by atoms with Crippen LogP contribution >= 0.6 is 0 Å². The minimum Gasteiger partial charge on any atom is -0.453 e. The lowest BCUT2D eigenvalue weighted by molar-refractivity contribution is 0.174. The van der Waals surface area contributed by atoms with Crippen molar-refractivity contribution < 1.29 is 9.47 Å². The van der Waals surface area contributed by atoms with Gasteiger partial charge in [-0.1, -0.05) is 0 Å². The molecule has 1 aromatic rings. The number of ether oxygens (including phenoxy) is 2. The Morgan fingerprint density at radius 1 is 1.08 bits per heavy atom. The van der Waals surface area contributed by atoms with Crippen molar-refractivity contribution in [3.05, 3.63) is 6.07 Å².